The van der Waals surface area contributed by atoms with Crippen LogP contribution in [-0.4, -0.2) is 42.1 Å². The molecule has 0 bridgehead atoms. The number of carbonyl (C=O) groups excluding carboxylic acids is 3. The van der Waals surface area contributed by atoms with E-state index in [9.17, 15) is 23.2 Å². The molecule has 4 amide bonds. The Labute approximate surface area is 174 Å². The van der Waals surface area contributed by atoms with Crippen LogP contribution in [0.3, 0.4) is 0 Å². The maximum Gasteiger partial charge on any atom is 0.341 e. The summed E-state index contributed by atoms with van der Waals surface area (Å²) < 4.78 is 33.3. The van der Waals surface area contributed by atoms with E-state index in [0.717, 1.165) is 30.2 Å². The molecule has 1 unspecified atom stereocenters. The van der Waals surface area contributed by atoms with E-state index in [-0.39, 0.29) is 27.5 Å². The predicted octanol–water partition coefficient (Wildman–Crippen LogP) is 3.27. The third kappa shape index (κ3) is 4.85. The zero-order chi connectivity index (χ0) is 21.8. The highest BCUT2D eigenvalue weighted by Gasteiger charge is 2.27. The molecular weight excluding hydrogens is 418 g/mol. The van der Waals surface area contributed by atoms with Gasteiger partial charge < -0.3 is 21.1 Å². The number of benzene rings is 1. The second-order valence-corrected chi connectivity index (χ2v) is 7.80. The molecule has 1 aromatic carbocycles. The highest BCUT2D eigenvalue weighted by molar-refractivity contribution is 7.20. The number of rotatable bonds is 4. The van der Waals surface area contributed by atoms with Crippen molar-refractivity contribution in [1.29, 1.82) is 0 Å². The molecule has 0 aliphatic carbocycles. The van der Waals surface area contributed by atoms with Crippen molar-refractivity contribution in [1.82, 2.24) is 4.90 Å². The first-order valence-corrected chi connectivity index (χ1v) is 9.98. The van der Waals surface area contributed by atoms with Gasteiger partial charge in [-0.05, 0) is 31.4 Å². The second-order valence-electron chi connectivity index (χ2n) is 6.75. The topological polar surface area (TPSA) is 128 Å². The third-order valence-corrected chi connectivity index (χ3v) is 5.70. The molecule has 1 saturated heterocycles. The first-order valence-electron chi connectivity index (χ1n) is 9.16. The zero-order valence-electron chi connectivity index (χ0n) is 15.8. The largest absolute Gasteiger partial charge is 0.457 e. The van der Waals surface area contributed by atoms with Crippen LogP contribution in [0.4, 0.5) is 23.4 Å². The van der Waals surface area contributed by atoms with Gasteiger partial charge in [0.25, 0.3) is 0 Å². The average Bonchev–Trinajstić information content (AvgIpc) is 2.93. The molecule has 1 atom stereocenters. The molecule has 2 aromatic rings. The summed E-state index contributed by atoms with van der Waals surface area (Å²) in [6.45, 7) is 0.620. The Kier molecular flexibility index (Phi) is 6.50. The van der Waals surface area contributed by atoms with Crippen LogP contribution in [0.5, 0.6) is 0 Å². The Morgan fingerprint density at radius 3 is 2.67 bits per heavy atom. The van der Waals surface area contributed by atoms with Gasteiger partial charge in [-0.15, -0.1) is 11.3 Å². The van der Waals surface area contributed by atoms with Gasteiger partial charge in [-0.2, -0.15) is 0 Å². The number of nitrogens with two attached hydrogens (primary N) is 2. The van der Waals surface area contributed by atoms with E-state index in [4.69, 9.17) is 16.2 Å². The minimum Gasteiger partial charge on any atom is -0.457 e. The van der Waals surface area contributed by atoms with Crippen LogP contribution in [-0.2, 0) is 4.74 Å². The fourth-order valence-electron chi connectivity index (χ4n) is 3.19. The fraction of sp³-hybridized carbons (Fsp3) is 0.316. The summed E-state index contributed by atoms with van der Waals surface area (Å²) in [5.74, 6) is -2.90. The standard InChI is InChI=1S/C19H20F2N4O4S/c20-13-6-3-5-11(15(13)21)14-8-12(16(30-14)24-18(22)27)17(26)29-10-4-1-2-7-25(9-10)19(23)28/h3,5-6,8,10H,1-2,4,7,9H2,(H2,23,28)(H3,22,24,27). The van der Waals surface area contributed by atoms with Crippen LogP contribution in [0.2, 0.25) is 0 Å². The number of hydrogen-bond acceptors (Lipinski definition) is 5. The van der Waals surface area contributed by atoms with E-state index in [1.807, 2.05) is 0 Å². The van der Waals surface area contributed by atoms with Crippen LogP contribution in [0.1, 0.15) is 29.6 Å². The maximum absolute atomic E-state index is 14.2. The molecule has 0 radical (unpaired) electrons. The van der Waals surface area contributed by atoms with Crippen LogP contribution < -0.4 is 16.8 Å². The van der Waals surface area contributed by atoms with Crippen molar-refractivity contribution >= 4 is 34.4 Å². The monoisotopic (exact) mass is 438 g/mol. The smallest absolute Gasteiger partial charge is 0.341 e. The molecule has 0 saturated carbocycles. The summed E-state index contributed by atoms with van der Waals surface area (Å²) in [5, 5.41) is 2.36. The Bertz CT molecular complexity index is 981. The van der Waals surface area contributed by atoms with E-state index >= 15 is 0 Å². The number of esters is 1. The summed E-state index contributed by atoms with van der Waals surface area (Å²) in [7, 11) is 0. The van der Waals surface area contributed by atoms with Gasteiger partial charge in [-0.1, -0.05) is 12.1 Å². The lowest BCUT2D eigenvalue weighted by Gasteiger charge is -2.22. The Morgan fingerprint density at radius 1 is 1.20 bits per heavy atom. The SMILES string of the molecule is NC(=O)Nc1sc(-c2cccc(F)c2F)cc1C(=O)OC1CCCCN(C(N)=O)C1. The lowest BCUT2D eigenvalue weighted by atomic mass is 10.1. The van der Waals surface area contributed by atoms with Gasteiger partial charge in [0.15, 0.2) is 11.6 Å². The maximum atomic E-state index is 14.2. The van der Waals surface area contributed by atoms with Crippen molar-refractivity contribution in [2.75, 3.05) is 18.4 Å². The minimum atomic E-state index is -1.08. The van der Waals surface area contributed by atoms with Gasteiger partial charge in [0.05, 0.1) is 12.1 Å². The molecule has 11 heteroatoms. The van der Waals surface area contributed by atoms with Gasteiger partial charge in [0.1, 0.15) is 11.1 Å². The van der Waals surface area contributed by atoms with Crippen molar-refractivity contribution in [2.24, 2.45) is 11.5 Å². The van der Waals surface area contributed by atoms with Gasteiger partial charge in [0, 0.05) is 17.0 Å². The van der Waals surface area contributed by atoms with Crippen molar-refractivity contribution in [3.63, 3.8) is 0 Å². The fourth-order valence-corrected chi connectivity index (χ4v) is 4.26. The molecule has 5 N–H and O–H groups in total. The number of ether oxygens (including phenoxy) is 1. The predicted molar refractivity (Wildman–Crippen MR) is 107 cm³/mol. The van der Waals surface area contributed by atoms with E-state index in [1.54, 1.807) is 0 Å². The van der Waals surface area contributed by atoms with Crippen LogP contribution in [0.25, 0.3) is 10.4 Å². The number of halogens is 2. The van der Waals surface area contributed by atoms with Crippen molar-refractivity contribution in [2.45, 2.75) is 25.4 Å². The summed E-state index contributed by atoms with van der Waals surface area (Å²) >= 11 is 0.860. The van der Waals surface area contributed by atoms with Crippen LogP contribution in [0.15, 0.2) is 24.3 Å². The molecular formula is C19H20F2N4O4S. The van der Waals surface area contributed by atoms with Crippen molar-refractivity contribution in [3.05, 3.63) is 41.5 Å². The zero-order valence-corrected chi connectivity index (χ0v) is 16.6. The van der Waals surface area contributed by atoms with E-state index in [2.05, 4.69) is 5.32 Å². The second kappa shape index (κ2) is 9.08. The normalized spacial score (nSPS) is 16.6. The lowest BCUT2D eigenvalue weighted by Crippen LogP contribution is -2.41. The van der Waals surface area contributed by atoms with E-state index in [1.165, 1.54) is 23.1 Å². The number of hydrogen-bond donors (Lipinski definition) is 3. The number of thiophene rings is 1. The number of carbonyl (C=O) groups is 3. The number of anilines is 1. The molecule has 3 rings (SSSR count). The van der Waals surface area contributed by atoms with Gasteiger partial charge in [-0.3, -0.25) is 5.32 Å². The summed E-state index contributed by atoms with van der Waals surface area (Å²) in [6.07, 6.45) is 1.40. The Morgan fingerprint density at radius 2 is 1.97 bits per heavy atom. The number of nitrogens with one attached hydrogen (secondary N) is 1. The number of likely N-dealkylation sites (tertiary alicyclic amines) is 1. The quantitative estimate of drug-likeness (QED) is 0.633. The van der Waals surface area contributed by atoms with Crippen molar-refractivity contribution in [3.8, 4) is 10.4 Å². The Balaban J connectivity index is 1.88. The first kappa shape index (κ1) is 21.5. The molecule has 1 aliphatic rings. The molecule has 2 heterocycles. The third-order valence-electron chi connectivity index (χ3n) is 4.62. The molecule has 0 spiro atoms. The summed E-state index contributed by atoms with van der Waals surface area (Å²) in [6, 6.07) is 3.43. The van der Waals surface area contributed by atoms with E-state index < -0.39 is 35.8 Å². The van der Waals surface area contributed by atoms with Crippen LogP contribution >= 0.6 is 11.3 Å². The van der Waals surface area contributed by atoms with Gasteiger partial charge in [0.2, 0.25) is 0 Å². The Hall–Kier alpha value is -3.21. The molecule has 8 nitrogen and oxygen atoms in total. The highest BCUT2D eigenvalue weighted by atomic mass is 32.1. The average molecular weight is 438 g/mol. The molecule has 1 aromatic heterocycles. The number of primary amides is 2. The number of urea groups is 2. The van der Waals surface area contributed by atoms with E-state index in [0.29, 0.717) is 13.0 Å². The van der Waals surface area contributed by atoms with Gasteiger partial charge in [-0.25, -0.2) is 23.2 Å². The lowest BCUT2D eigenvalue weighted by molar-refractivity contribution is 0.0242. The molecule has 30 heavy (non-hydrogen) atoms. The first-order chi connectivity index (χ1) is 14.3. The molecule has 1 aliphatic heterocycles. The molecule has 160 valence electrons. The molecule has 1 fully saturated rings. The van der Waals surface area contributed by atoms with Gasteiger partial charge >= 0.3 is 18.0 Å². The van der Waals surface area contributed by atoms with Crippen LogP contribution in [0, 0.1) is 11.6 Å². The minimum absolute atomic E-state index is 0.0477. The highest BCUT2D eigenvalue weighted by Crippen LogP contribution is 2.37. The summed E-state index contributed by atoms with van der Waals surface area (Å²) in [4.78, 5) is 37.2. The van der Waals surface area contributed by atoms with Crippen molar-refractivity contribution < 1.29 is 27.9 Å². The number of amides is 4. The summed E-state index contributed by atoms with van der Waals surface area (Å²) in [5.41, 5.74) is 10.4. The number of nitrogens with zero attached hydrogens (tertiary/aromatic N) is 1.